The summed E-state index contributed by atoms with van der Waals surface area (Å²) < 4.78 is 26.4. The molecule has 0 fully saturated rings. The maximum atomic E-state index is 13.4. The number of rotatable bonds is 4. The van der Waals surface area contributed by atoms with E-state index in [-0.39, 0.29) is 5.56 Å². The van der Waals surface area contributed by atoms with Gasteiger partial charge in [-0.05, 0) is 11.6 Å². The zero-order valence-electron chi connectivity index (χ0n) is 9.41. The lowest BCUT2D eigenvalue weighted by atomic mass is 10.0. The lowest BCUT2D eigenvalue weighted by molar-refractivity contribution is -0.141. The third kappa shape index (κ3) is 3.16. The molecule has 0 spiro atoms. The first-order valence-electron chi connectivity index (χ1n) is 4.98. The molecular weight excluding hydrogens is 248 g/mol. The lowest BCUT2D eigenvalue weighted by Gasteiger charge is -2.14. The first-order valence-corrected chi connectivity index (χ1v) is 4.98. The largest absolute Gasteiger partial charge is 0.505 e. The van der Waals surface area contributed by atoms with Gasteiger partial charge in [0, 0.05) is 13.3 Å². The number of halogens is 2. The first-order chi connectivity index (χ1) is 8.32. The van der Waals surface area contributed by atoms with Crippen LogP contribution in [-0.4, -0.2) is 28.1 Å². The molecule has 1 atom stereocenters. The molecular formula is C11H11F2NO4. The number of carboxylic acids is 1. The number of nitrogens with one attached hydrogen (secondary N) is 1. The van der Waals surface area contributed by atoms with Crippen LogP contribution in [0.4, 0.5) is 8.78 Å². The van der Waals surface area contributed by atoms with Crippen LogP contribution in [0.5, 0.6) is 5.75 Å². The third-order valence-corrected chi connectivity index (χ3v) is 2.24. The Balaban J connectivity index is 2.98. The van der Waals surface area contributed by atoms with Gasteiger partial charge in [0.15, 0.2) is 11.6 Å². The number of hydrogen-bond acceptors (Lipinski definition) is 3. The molecule has 0 aliphatic rings. The van der Waals surface area contributed by atoms with E-state index in [1.165, 1.54) is 0 Å². The molecule has 1 aromatic carbocycles. The Morgan fingerprint density at radius 3 is 2.44 bits per heavy atom. The van der Waals surface area contributed by atoms with E-state index in [2.05, 4.69) is 5.32 Å². The number of hydrogen-bond donors (Lipinski definition) is 3. The predicted molar refractivity (Wildman–Crippen MR) is 57.0 cm³/mol. The monoisotopic (exact) mass is 259 g/mol. The second-order valence-electron chi connectivity index (χ2n) is 3.67. The van der Waals surface area contributed by atoms with E-state index in [1.807, 2.05) is 0 Å². The van der Waals surface area contributed by atoms with E-state index in [0.29, 0.717) is 0 Å². The number of phenolic OH excluding ortho intramolecular Hbond substituents is 1. The van der Waals surface area contributed by atoms with Gasteiger partial charge >= 0.3 is 5.97 Å². The number of benzene rings is 1. The SMILES string of the molecule is CC(=O)NC(Cc1ccc(O)c(F)c1F)C(=O)O. The minimum absolute atomic E-state index is 0.244. The molecule has 3 N–H and O–H groups in total. The highest BCUT2D eigenvalue weighted by Crippen LogP contribution is 2.22. The van der Waals surface area contributed by atoms with Crippen molar-refractivity contribution in [2.24, 2.45) is 0 Å². The number of aliphatic carboxylic acids is 1. The number of amides is 1. The summed E-state index contributed by atoms with van der Waals surface area (Å²) in [4.78, 5) is 21.6. The van der Waals surface area contributed by atoms with Crippen molar-refractivity contribution in [3.8, 4) is 5.75 Å². The minimum Gasteiger partial charge on any atom is -0.505 e. The Bertz CT molecular complexity index is 490. The van der Waals surface area contributed by atoms with Gasteiger partial charge in [0.25, 0.3) is 0 Å². The first kappa shape index (κ1) is 13.9. The zero-order chi connectivity index (χ0) is 13.9. The molecule has 0 aliphatic carbocycles. The van der Waals surface area contributed by atoms with Crippen LogP contribution in [0.3, 0.4) is 0 Å². The van der Waals surface area contributed by atoms with Crippen LogP contribution in [-0.2, 0) is 16.0 Å². The summed E-state index contributed by atoms with van der Waals surface area (Å²) in [5, 5.41) is 19.8. The summed E-state index contributed by atoms with van der Waals surface area (Å²) in [5.41, 5.74) is -0.244. The summed E-state index contributed by atoms with van der Waals surface area (Å²) in [6.07, 6.45) is -0.419. The molecule has 0 aliphatic heterocycles. The van der Waals surface area contributed by atoms with E-state index in [1.54, 1.807) is 0 Å². The quantitative estimate of drug-likeness (QED) is 0.746. The van der Waals surface area contributed by atoms with Crippen molar-refractivity contribution >= 4 is 11.9 Å². The Hall–Kier alpha value is -2.18. The maximum Gasteiger partial charge on any atom is 0.326 e. The number of aromatic hydroxyl groups is 1. The van der Waals surface area contributed by atoms with Gasteiger partial charge in [0.2, 0.25) is 11.7 Å². The van der Waals surface area contributed by atoms with Gasteiger partial charge in [-0.3, -0.25) is 4.79 Å². The Morgan fingerprint density at radius 1 is 1.33 bits per heavy atom. The van der Waals surface area contributed by atoms with E-state index < -0.39 is 41.7 Å². The third-order valence-electron chi connectivity index (χ3n) is 2.24. The second kappa shape index (κ2) is 5.44. The van der Waals surface area contributed by atoms with Crippen LogP contribution in [0.1, 0.15) is 12.5 Å². The summed E-state index contributed by atoms with van der Waals surface area (Å²) in [7, 11) is 0. The highest BCUT2D eigenvalue weighted by molar-refractivity contribution is 5.82. The molecule has 1 aromatic rings. The van der Waals surface area contributed by atoms with Gasteiger partial charge in [0.05, 0.1) is 0 Å². The van der Waals surface area contributed by atoms with Gasteiger partial charge in [0.1, 0.15) is 6.04 Å². The second-order valence-corrected chi connectivity index (χ2v) is 3.67. The molecule has 98 valence electrons. The van der Waals surface area contributed by atoms with E-state index in [0.717, 1.165) is 19.1 Å². The molecule has 7 heteroatoms. The molecule has 0 saturated carbocycles. The smallest absolute Gasteiger partial charge is 0.326 e. The molecule has 1 unspecified atom stereocenters. The summed E-state index contributed by atoms with van der Waals surface area (Å²) >= 11 is 0. The van der Waals surface area contributed by atoms with E-state index >= 15 is 0 Å². The van der Waals surface area contributed by atoms with Crippen molar-refractivity contribution < 1.29 is 28.6 Å². The lowest BCUT2D eigenvalue weighted by Crippen LogP contribution is -2.41. The molecule has 18 heavy (non-hydrogen) atoms. The van der Waals surface area contributed by atoms with Crippen molar-refractivity contribution in [1.29, 1.82) is 0 Å². The van der Waals surface area contributed by atoms with Crippen LogP contribution in [0.15, 0.2) is 12.1 Å². The molecule has 0 bridgehead atoms. The highest BCUT2D eigenvalue weighted by Gasteiger charge is 2.22. The van der Waals surface area contributed by atoms with E-state index in [9.17, 15) is 18.4 Å². The van der Waals surface area contributed by atoms with Gasteiger partial charge in [-0.2, -0.15) is 4.39 Å². The van der Waals surface area contributed by atoms with Crippen molar-refractivity contribution in [3.63, 3.8) is 0 Å². The topological polar surface area (TPSA) is 86.6 Å². The van der Waals surface area contributed by atoms with Crippen LogP contribution in [0, 0.1) is 11.6 Å². The van der Waals surface area contributed by atoms with Crippen LogP contribution in [0.25, 0.3) is 0 Å². The van der Waals surface area contributed by atoms with Crippen LogP contribution in [0.2, 0.25) is 0 Å². The maximum absolute atomic E-state index is 13.4. The molecule has 0 heterocycles. The predicted octanol–water partition coefficient (Wildman–Crippen LogP) is 0.802. The van der Waals surface area contributed by atoms with Crippen molar-refractivity contribution in [3.05, 3.63) is 29.3 Å². The van der Waals surface area contributed by atoms with E-state index in [4.69, 9.17) is 10.2 Å². The van der Waals surface area contributed by atoms with Crippen molar-refractivity contribution in [2.45, 2.75) is 19.4 Å². The van der Waals surface area contributed by atoms with Gasteiger partial charge in [-0.15, -0.1) is 0 Å². The minimum atomic E-state index is -1.44. The number of carbonyl (C=O) groups excluding carboxylic acids is 1. The number of carbonyl (C=O) groups is 2. The summed E-state index contributed by atoms with van der Waals surface area (Å²) in [6, 6.07) is 0.618. The van der Waals surface area contributed by atoms with Crippen molar-refractivity contribution in [1.82, 2.24) is 5.32 Å². The molecule has 0 radical (unpaired) electrons. The highest BCUT2D eigenvalue weighted by atomic mass is 19.2. The Labute approximate surface area is 101 Å². The molecule has 1 rings (SSSR count). The molecule has 1 amide bonds. The average Bonchev–Trinajstić information content (AvgIpc) is 2.28. The molecule has 0 aromatic heterocycles. The zero-order valence-corrected chi connectivity index (χ0v) is 9.41. The fourth-order valence-electron chi connectivity index (χ4n) is 1.40. The Morgan fingerprint density at radius 2 is 1.94 bits per heavy atom. The number of carboxylic acid groups (broad SMARTS) is 1. The summed E-state index contributed by atoms with van der Waals surface area (Å²) in [5.74, 6) is -5.59. The standard InChI is InChI=1S/C11H11F2NO4/c1-5(15)14-7(11(17)18)4-6-2-3-8(16)10(13)9(6)12/h2-3,7,16H,4H2,1H3,(H,14,15)(H,17,18). The number of phenols is 1. The van der Waals surface area contributed by atoms with Crippen molar-refractivity contribution in [2.75, 3.05) is 0 Å². The molecule has 5 nitrogen and oxygen atoms in total. The average molecular weight is 259 g/mol. The normalized spacial score (nSPS) is 11.9. The van der Waals surface area contributed by atoms with Gasteiger partial charge < -0.3 is 15.5 Å². The fourth-order valence-corrected chi connectivity index (χ4v) is 1.40. The van der Waals surface area contributed by atoms with Crippen LogP contribution < -0.4 is 5.32 Å². The fraction of sp³-hybridized carbons (Fsp3) is 0.273. The van der Waals surface area contributed by atoms with Gasteiger partial charge in [-0.25, -0.2) is 9.18 Å². The summed E-state index contributed by atoms with van der Waals surface area (Å²) in [6.45, 7) is 1.11. The Kier molecular flexibility index (Phi) is 4.19. The molecule has 0 saturated heterocycles. The van der Waals surface area contributed by atoms with Crippen LogP contribution >= 0.6 is 0 Å². The van der Waals surface area contributed by atoms with Gasteiger partial charge in [-0.1, -0.05) is 6.07 Å².